The standard InChI is InChI=1S/C33H48N4O7S/c1-5-24(4)32(35-31(39)21-36-15-9-10-16-36)33(40)34-27(17-25-11-7-6-8-12-25)28(38)20-37(19-23(2)3)45(41,42)26-13-14-29-30(18-26)44-22-43-29/h6-8,11-14,18,23-24,27-28,32,38H,5,9-10,15-17,19-22H2,1-4H3,(H,34,40)(H,35,39). The molecule has 4 unspecified atom stereocenters. The van der Waals surface area contributed by atoms with Crippen molar-refractivity contribution in [3.8, 4) is 11.5 Å². The first-order valence-corrected chi connectivity index (χ1v) is 17.4. The van der Waals surface area contributed by atoms with Crippen molar-refractivity contribution in [1.29, 1.82) is 0 Å². The number of likely N-dealkylation sites (tertiary alicyclic amines) is 1. The van der Waals surface area contributed by atoms with Crippen LogP contribution in [0.1, 0.15) is 52.5 Å². The molecule has 0 spiro atoms. The van der Waals surface area contributed by atoms with Crippen molar-refractivity contribution in [1.82, 2.24) is 19.8 Å². The van der Waals surface area contributed by atoms with Crippen molar-refractivity contribution in [2.24, 2.45) is 11.8 Å². The van der Waals surface area contributed by atoms with Crippen LogP contribution >= 0.6 is 0 Å². The quantitative estimate of drug-likeness (QED) is 0.254. The van der Waals surface area contributed by atoms with E-state index in [1.807, 2.05) is 58.0 Å². The van der Waals surface area contributed by atoms with E-state index in [0.29, 0.717) is 17.9 Å². The monoisotopic (exact) mass is 644 g/mol. The minimum absolute atomic E-state index is 0.0183. The van der Waals surface area contributed by atoms with Crippen molar-refractivity contribution in [3.05, 3.63) is 54.1 Å². The molecule has 1 saturated heterocycles. The van der Waals surface area contributed by atoms with Crippen LogP contribution in [0.5, 0.6) is 11.5 Å². The van der Waals surface area contributed by atoms with Gasteiger partial charge < -0.3 is 25.2 Å². The van der Waals surface area contributed by atoms with E-state index < -0.39 is 34.1 Å². The fraction of sp³-hybridized carbons (Fsp3) is 0.576. The number of aliphatic hydroxyl groups is 1. The lowest BCUT2D eigenvalue weighted by molar-refractivity contribution is -0.131. The molecule has 2 aliphatic heterocycles. The molecule has 4 rings (SSSR count). The van der Waals surface area contributed by atoms with Gasteiger partial charge in [-0.3, -0.25) is 14.5 Å². The third-order valence-corrected chi connectivity index (χ3v) is 10.2. The Bertz CT molecular complexity index is 1380. The van der Waals surface area contributed by atoms with Crippen LogP contribution in [0.25, 0.3) is 0 Å². The minimum Gasteiger partial charge on any atom is -0.454 e. The zero-order valence-electron chi connectivity index (χ0n) is 26.8. The largest absolute Gasteiger partial charge is 0.454 e. The Balaban J connectivity index is 1.55. The molecule has 11 nitrogen and oxygen atoms in total. The van der Waals surface area contributed by atoms with E-state index >= 15 is 0 Å². The van der Waals surface area contributed by atoms with Gasteiger partial charge in [0.1, 0.15) is 6.04 Å². The number of nitrogens with zero attached hydrogens (tertiary/aromatic N) is 2. The maximum Gasteiger partial charge on any atom is 0.243 e. The van der Waals surface area contributed by atoms with Crippen LogP contribution in [-0.4, -0.2) is 92.2 Å². The number of hydrogen-bond acceptors (Lipinski definition) is 8. The van der Waals surface area contributed by atoms with Gasteiger partial charge in [-0.05, 0) is 61.9 Å². The molecule has 12 heteroatoms. The molecular formula is C33H48N4O7S. The number of hydrogen-bond donors (Lipinski definition) is 3. The molecule has 0 radical (unpaired) electrons. The van der Waals surface area contributed by atoms with Crippen molar-refractivity contribution in [2.75, 3.05) is 39.5 Å². The van der Waals surface area contributed by atoms with Crippen molar-refractivity contribution >= 4 is 21.8 Å². The van der Waals surface area contributed by atoms with Gasteiger partial charge >= 0.3 is 0 Å². The molecule has 0 aromatic heterocycles. The minimum atomic E-state index is -4.05. The van der Waals surface area contributed by atoms with E-state index in [1.165, 1.54) is 16.4 Å². The van der Waals surface area contributed by atoms with Gasteiger partial charge in [0.2, 0.25) is 28.6 Å². The number of benzene rings is 2. The van der Waals surface area contributed by atoms with Crippen LogP contribution in [0.15, 0.2) is 53.4 Å². The maximum atomic E-state index is 13.9. The first kappa shape index (κ1) is 34.7. The Morgan fingerprint density at radius 3 is 2.33 bits per heavy atom. The number of rotatable bonds is 16. The van der Waals surface area contributed by atoms with E-state index in [1.54, 1.807) is 6.07 Å². The molecule has 2 heterocycles. The number of aliphatic hydroxyl groups excluding tert-OH is 1. The third-order valence-electron chi connectivity index (χ3n) is 8.41. The van der Waals surface area contributed by atoms with Crippen LogP contribution in [0.2, 0.25) is 0 Å². The summed E-state index contributed by atoms with van der Waals surface area (Å²) in [5.74, 6) is -0.00480. The van der Waals surface area contributed by atoms with E-state index in [9.17, 15) is 23.1 Å². The fourth-order valence-corrected chi connectivity index (χ4v) is 7.33. The first-order chi connectivity index (χ1) is 21.5. The average Bonchev–Trinajstić information content (AvgIpc) is 3.71. The van der Waals surface area contributed by atoms with Gasteiger partial charge in [-0.25, -0.2) is 8.42 Å². The molecule has 2 aromatic rings. The highest BCUT2D eigenvalue weighted by atomic mass is 32.2. The lowest BCUT2D eigenvalue weighted by Crippen LogP contribution is -2.57. The summed E-state index contributed by atoms with van der Waals surface area (Å²) in [5, 5.41) is 17.6. The second kappa shape index (κ2) is 15.9. The number of sulfonamides is 1. The van der Waals surface area contributed by atoms with Crippen LogP contribution in [0.3, 0.4) is 0 Å². The molecule has 0 bridgehead atoms. The molecule has 0 saturated carbocycles. The summed E-state index contributed by atoms with van der Waals surface area (Å²) in [5.41, 5.74) is 0.869. The van der Waals surface area contributed by atoms with E-state index in [0.717, 1.165) is 31.5 Å². The molecule has 2 amide bonds. The van der Waals surface area contributed by atoms with Gasteiger partial charge in [0.25, 0.3) is 0 Å². The molecule has 0 aliphatic carbocycles. The molecule has 2 aliphatic rings. The van der Waals surface area contributed by atoms with Crippen LogP contribution < -0.4 is 20.1 Å². The zero-order chi connectivity index (χ0) is 32.6. The van der Waals surface area contributed by atoms with Gasteiger partial charge in [-0.2, -0.15) is 4.31 Å². The summed E-state index contributed by atoms with van der Waals surface area (Å²) >= 11 is 0. The fourth-order valence-electron chi connectivity index (χ4n) is 5.69. The Kier molecular flexibility index (Phi) is 12.2. The van der Waals surface area contributed by atoms with E-state index in [-0.39, 0.29) is 55.5 Å². The van der Waals surface area contributed by atoms with Gasteiger partial charge in [-0.15, -0.1) is 0 Å². The summed E-state index contributed by atoms with van der Waals surface area (Å²) in [6.07, 6.45) is 1.78. The molecule has 45 heavy (non-hydrogen) atoms. The normalized spacial score (nSPS) is 17.7. The van der Waals surface area contributed by atoms with Crippen LogP contribution in [0, 0.1) is 11.8 Å². The first-order valence-electron chi connectivity index (χ1n) is 15.9. The van der Waals surface area contributed by atoms with Gasteiger partial charge in [-0.1, -0.05) is 64.4 Å². The molecular weight excluding hydrogens is 596 g/mol. The third kappa shape index (κ3) is 9.41. The van der Waals surface area contributed by atoms with Crippen molar-refractivity contribution in [3.63, 3.8) is 0 Å². The Hall–Kier alpha value is -3.19. The molecule has 1 fully saturated rings. The molecule has 2 aromatic carbocycles. The van der Waals surface area contributed by atoms with E-state index in [4.69, 9.17) is 9.47 Å². The van der Waals surface area contributed by atoms with Crippen LogP contribution in [0.4, 0.5) is 0 Å². The summed E-state index contributed by atoms with van der Waals surface area (Å²) < 4.78 is 39.8. The molecule has 248 valence electrons. The number of carbonyl (C=O) groups excluding carboxylic acids is 2. The number of ether oxygens (including phenoxy) is 2. The average molecular weight is 645 g/mol. The summed E-state index contributed by atoms with van der Waals surface area (Å²) in [7, 11) is -4.05. The lowest BCUT2D eigenvalue weighted by Gasteiger charge is -2.32. The smallest absolute Gasteiger partial charge is 0.243 e. The highest BCUT2D eigenvalue weighted by Gasteiger charge is 2.34. The van der Waals surface area contributed by atoms with Gasteiger partial charge in [0, 0.05) is 19.2 Å². The number of fused-ring (bicyclic) bond motifs is 1. The second-order valence-electron chi connectivity index (χ2n) is 12.5. The van der Waals surface area contributed by atoms with Crippen molar-refractivity contribution in [2.45, 2.75) is 76.5 Å². The molecule has 4 atom stereocenters. The predicted octanol–water partition coefficient (Wildman–Crippen LogP) is 2.78. The molecule has 3 N–H and O–H groups in total. The number of carbonyl (C=O) groups is 2. The number of nitrogens with one attached hydrogen (secondary N) is 2. The maximum absolute atomic E-state index is 13.9. The summed E-state index contributed by atoms with van der Waals surface area (Å²) in [4.78, 5) is 28.8. The SMILES string of the molecule is CCC(C)C(NC(=O)CN1CCCC1)C(=O)NC(Cc1ccccc1)C(O)CN(CC(C)C)S(=O)(=O)c1ccc2c(c1)OCO2. The van der Waals surface area contributed by atoms with E-state index in [2.05, 4.69) is 15.5 Å². The van der Waals surface area contributed by atoms with Crippen LogP contribution in [-0.2, 0) is 26.0 Å². The summed E-state index contributed by atoms with van der Waals surface area (Å²) in [6.45, 7) is 9.55. The predicted molar refractivity (Wildman–Crippen MR) is 171 cm³/mol. The Morgan fingerprint density at radius 1 is 0.978 bits per heavy atom. The topological polar surface area (TPSA) is 138 Å². The second-order valence-corrected chi connectivity index (χ2v) is 14.5. The highest BCUT2D eigenvalue weighted by molar-refractivity contribution is 7.89. The van der Waals surface area contributed by atoms with Gasteiger partial charge in [0.05, 0.1) is 23.6 Å². The zero-order valence-corrected chi connectivity index (χ0v) is 27.6. The number of amides is 2. The summed E-state index contributed by atoms with van der Waals surface area (Å²) in [6, 6.07) is 12.2. The van der Waals surface area contributed by atoms with Gasteiger partial charge in [0.15, 0.2) is 11.5 Å². The lowest BCUT2D eigenvalue weighted by atomic mass is 9.96. The highest BCUT2D eigenvalue weighted by Crippen LogP contribution is 2.35. The van der Waals surface area contributed by atoms with Crippen molar-refractivity contribution < 1.29 is 32.6 Å². The Labute approximate surface area is 267 Å². The Morgan fingerprint density at radius 2 is 1.67 bits per heavy atom.